The Morgan fingerprint density at radius 3 is 2.48 bits per heavy atom. The van der Waals surface area contributed by atoms with Gasteiger partial charge in [0.1, 0.15) is 11.3 Å². The summed E-state index contributed by atoms with van der Waals surface area (Å²) < 4.78 is 45.5. The van der Waals surface area contributed by atoms with Crippen molar-refractivity contribution in [2.75, 3.05) is 5.75 Å². The Hall–Kier alpha value is -1.29. The van der Waals surface area contributed by atoms with Crippen LogP contribution in [-0.2, 0) is 20.8 Å². The largest absolute Gasteiger partial charge is 0.474 e. The molecule has 10 heteroatoms. The first-order valence-corrected chi connectivity index (χ1v) is 13.7. The summed E-state index contributed by atoms with van der Waals surface area (Å²) in [6, 6.07) is 1.57. The molecule has 1 fully saturated rings. The molecule has 0 radical (unpaired) electrons. The van der Waals surface area contributed by atoms with Crippen molar-refractivity contribution in [2.45, 2.75) is 76.0 Å². The van der Waals surface area contributed by atoms with Gasteiger partial charge in [-0.1, -0.05) is 25.4 Å². The fourth-order valence-electron chi connectivity index (χ4n) is 3.45. The predicted molar refractivity (Wildman–Crippen MR) is 126 cm³/mol. The third-order valence-corrected chi connectivity index (χ3v) is 9.59. The molecule has 7 nitrogen and oxygen atoms in total. The molecule has 0 amide bonds. The average molecular weight is 488 g/mol. The first-order chi connectivity index (χ1) is 14.5. The molecule has 2 heterocycles. The zero-order valence-corrected chi connectivity index (χ0v) is 20.9. The number of sulfone groups is 1. The van der Waals surface area contributed by atoms with Crippen LogP contribution in [-0.4, -0.2) is 44.4 Å². The van der Waals surface area contributed by atoms with E-state index in [2.05, 4.69) is 14.7 Å². The Morgan fingerprint density at radius 1 is 1.23 bits per heavy atom. The van der Waals surface area contributed by atoms with E-state index in [4.69, 9.17) is 16.3 Å². The minimum Gasteiger partial charge on any atom is -0.474 e. The number of halogens is 1. The van der Waals surface area contributed by atoms with E-state index in [0.29, 0.717) is 35.7 Å². The van der Waals surface area contributed by atoms with Crippen LogP contribution < -0.4 is 9.46 Å². The number of pyridine rings is 2. The van der Waals surface area contributed by atoms with Gasteiger partial charge in [-0.2, -0.15) is 0 Å². The first-order valence-electron chi connectivity index (χ1n) is 10.5. The number of hydrogen-bond acceptors (Lipinski definition) is 6. The summed E-state index contributed by atoms with van der Waals surface area (Å²) in [5, 5.41) is 1.52. The van der Waals surface area contributed by atoms with Gasteiger partial charge in [0.25, 0.3) is 0 Å². The molecule has 2 atom stereocenters. The SMILES string of the molecule is CCC(NS(=O)C(C)(C)C)c1cnc(OC2CC(S(=O)(=O)CC)C2)c2cnc(Cl)cc12. The van der Waals surface area contributed by atoms with E-state index in [1.54, 1.807) is 25.4 Å². The lowest BCUT2D eigenvalue weighted by Crippen LogP contribution is -2.43. The predicted octanol–water partition coefficient (Wildman–Crippen LogP) is 4.13. The molecular weight excluding hydrogens is 458 g/mol. The zero-order chi connectivity index (χ0) is 23.0. The third kappa shape index (κ3) is 5.38. The minimum absolute atomic E-state index is 0.143. The highest BCUT2D eigenvalue weighted by molar-refractivity contribution is 7.92. The second kappa shape index (κ2) is 9.29. The summed E-state index contributed by atoms with van der Waals surface area (Å²) in [7, 11) is -4.30. The van der Waals surface area contributed by atoms with Gasteiger partial charge in [-0.05, 0) is 44.2 Å². The number of rotatable bonds is 8. The molecule has 3 rings (SSSR count). The van der Waals surface area contributed by atoms with Gasteiger partial charge in [0.15, 0.2) is 9.84 Å². The van der Waals surface area contributed by atoms with E-state index in [1.165, 1.54) is 0 Å². The summed E-state index contributed by atoms with van der Waals surface area (Å²) in [5.41, 5.74) is 0.867. The molecule has 2 aromatic heterocycles. The van der Waals surface area contributed by atoms with Gasteiger partial charge in [-0.15, -0.1) is 0 Å². The van der Waals surface area contributed by atoms with Crippen LogP contribution >= 0.6 is 11.6 Å². The monoisotopic (exact) mass is 487 g/mol. The van der Waals surface area contributed by atoms with Gasteiger partial charge in [0.2, 0.25) is 5.88 Å². The molecule has 0 aliphatic heterocycles. The number of ether oxygens (including phenoxy) is 1. The first kappa shape index (κ1) is 24.4. The molecule has 1 saturated carbocycles. The quantitative estimate of drug-likeness (QED) is 0.562. The van der Waals surface area contributed by atoms with Crippen molar-refractivity contribution in [3.63, 3.8) is 0 Å². The molecule has 172 valence electrons. The highest BCUT2D eigenvalue weighted by atomic mass is 35.5. The van der Waals surface area contributed by atoms with Crippen molar-refractivity contribution in [1.29, 1.82) is 0 Å². The lowest BCUT2D eigenvalue weighted by Gasteiger charge is -2.34. The summed E-state index contributed by atoms with van der Waals surface area (Å²) in [6.07, 6.45) is 4.77. The molecule has 1 aliphatic rings. The van der Waals surface area contributed by atoms with Crippen molar-refractivity contribution in [2.24, 2.45) is 0 Å². The van der Waals surface area contributed by atoms with Gasteiger partial charge < -0.3 is 4.74 Å². The van der Waals surface area contributed by atoms with Crippen LogP contribution in [0.15, 0.2) is 18.5 Å². The topological polar surface area (TPSA) is 98.2 Å². The van der Waals surface area contributed by atoms with E-state index < -0.39 is 25.6 Å². The number of fused-ring (bicyclic) bond motifs is 1. The van der Waals surface area contributed by atoms with Gasteiger partial charge in [0.05, 0.1) is 26.4 Å². The second-order valence-corrected chi connectivity index (χ2v) is 13.8. The Bertz CT molecular complexity index is 1080. The van der Waals surface area contributed by atoms with E-state index in [-0.39, 0.29) is 23.1 Å². The Labute approximate surface area is 191 Å². The van der Waals surface area contributed by atoms with Crippen molar-refractivity contribution < 1.29 is 17.4 Å². The normalized spacial score (nSPS) is 21.5. The van der Waals surface area contributed by atoms with Crippen molar-refractivity contribution in [3.05, 3.63) is 29.2 Å². The molecular formula is C21H30ClN3O4S2. The van der Waals surface area contributed by atoms with Crippen LogP contribution in [0.5, 0.6) is 5.88 Å². The maximum atomic E-state index is 12.7. The Morgan fingerprint density at radius 2 is 1.90 bits per heavy atom. The molecule has 1 aliphatic carbocycles. The maximum absolute atomic E-state index is 12.7. The van der Waals surface area contributed by atoms with Crippen molar-refractivity contribution in [1.82, 2.24) is 14.7 Å². The van der Waals surface area contributed by atoms with Crippen LogP contribution in [0.3, 0.4) is 0 Å². The number of aromatic nitrogens is 2. The van der Waals surface area contributed by atoms with Gasteiger partial charge in [-0.3, -0.25) is 0 Å². The number of hydrogen-bond donors (Lipinski definition) is 1. The lowest BCUT2D eigenvalue weighted by molar-refractivity contribution is 0.119. The summed E-state index contributed by atoms with van der Waals surface area (Å²) in [4.78, 5) is 8.69. The average Bonchev–Trinajstić information content (AvgIpc) is 2.67. The van der Waals surface area contributed by atoms with E-state index >= 15 is 0 Å². The molecule has 0 saturated heterocycles. The number of nitrogens with zero attached hydrogens (tertiary/aromatic N) is 2. The van der Waals surface area contributed by atoms with E-state index in [9.17, 15) is 12.6 Å². The second-order valence-electron chi connectivity index (χ2n) is 8.82. The van der Waals surface area contributed by atoms with E-state index in [0.717, 1.165) is 10.9 Å². The fraction of sp³-hybridized carbons (Fsp3) is 0.619. The van der Waals surface area contributed by atoms with Gasteiger partial charge in [-0.25, -0.2) is 27.3 Å². The summed E-state index contributed by atoms with van der Waals surface area (Å²) in [5.74, 6) is 0.552. The van der Waals surface area contributed by atoms with Gasteiger partial charge >= 0.3 is 0 Å². The highest BCUT2D eigenvalue weighted by Gasteiger charge is 2.39. The third-order valence-electron chi connectivity index (χ3n) is 5.56. The van der Waals surface area contributed by atoms with Crippen LogP contribution in [0.1, 0.15) is 65.5 Å². The molecule has 31 heavy (non-hydrogen) atoms. The van der Waals surface area contributed by atoms with E-state index in [1.807, 2.05) is 27.7 Å². The van der Waals surface area contributed by atoms with Gasteiger partial charge in [0, 0.05) is 37.0 Å². The minimum atomic E-state index is -3.05. The summed E-state index contributed by atoms with van der Waals surface area (Å²) >= 11 is 6.18. The standard InChI is InChI=1S/C21H30ClN3O4S2/c1-6-18(25-30(26)21(3,4)5)16-11-24-20(17-12-23-19(22)10-15(16)17)29-13-8-14(9-13)31(27,28)7-2/h10-14,18,25H,6-9H2,1-5H3. The van der Waals surface area contributed by atoms with Crippen molar-refractivity contribution >= 4 is 43.2 Å². The van der Waals surface area contributed by atoms with Crippen LogP contribution in [0, 0.1) is 0 Å². The van der Waals surface area contributed by atoms with Crippen LogP contribution in [0.4, 0.5) is 0 Å². The van der Waals surface area contributed by atoms with Crippen LogP contribution in [0.25, 0.3) is 10.8 Å². The Kier molecular flexibility index (Phi) is 7.30. The van der Waals surface area contributed by atoms with Crippen molar-refractivity contribution in [3.8, 4) is 5.88 Å². The summed E-state index contributed by atoms with van der Waals surface area (Å²) in [6.45, 7) is 9.43. The highest BCUT2D eigenvalue weighted by Crippen LogP contribution is 2.36. The maximum Gasteiger partial charge on any atom is 0.223 e. The smallest absolute Gasteiger partial charge is 0.223 e. The molecule has 0 spiro atoms. The zero-order valence-electron chi connectivity index (χ0n) is 18.5. The Balaban J connectivity index is 1.89. The molecule has 0 bridgehead atoms. The fourth-order valence-corrected chi connectivity index (χ4v) is 6.00. The number of nitrogens with one attached hydrogen (secondary N) is 1. The lowest BCUT2D eigenvalue weighted by atomic mass is 9.95. The molecule has 2 unspecified atom stereocenters. The molecule has 0 aromatic carbocycles. The molecule has 1 N–H and O–H groups in total. The molecule has 2 aromatic rings. The van der Waals surface area contributed by atoms with Crippen LogP contribution in [0.2, 0.25) is 5.15 Å².